The lowest BCUT2D eigenvalue weighted by molar-refractivity contribution is -0.138. The molecule has 108 valence electrons. The summed E-state index contributed by atoms with van der Waals surface area (Å²) in [4.78, 5) is 10.9. The van der Waals surface area contributed by atoms with E-state index in [4.69, 9.17) is 11.5 Å². The van der Waals surface area contributed by atoms with Crippen LogP contribution in [0.25, 0.3) is 0 Å². The number of alkyl halides is 3. The van der Waals surface area contributed by atoms with Crippen LogP contribution in [0.5, 0.6) is 0 Å². The van der Waals surface area contributed by atoms with Gasteiger partial charge in [0.25, 0.3) is 0 Å². The van der Waals surface area contributed by atoms with Gasteiger partial charge in [-0.15, -0.1) is 6.42 Å². The SMILES string of the molecule is C#CC(CCC)Nc1ccc(C(F)(F)F)c(C(=O)O)c1. The molecule has 1 unspecified atom stereocenters. The van der Waals surface area contributed by atoms with E-state index in [9.17, 15) is 18.0 Å². The molecule has 0 radical (unpaired) electrons. The fourth-order valence-electron chi connectivity index (χ4n) is 1.75. The number of carboxylic acids is 1. The van der Waals surface area contributed by atoms with Gasteiger partial charge >= 0.3 is 12.1 Å². The van der Waals surface area contributed by atoms with Crippen molar-refractivity contribution in [3.63, 3.8) is 0 Å². The average molecular weight is 285 g/mol. The molecule has 0 amide bonds. The Morgan fingerprint density at radius 2 is 2.15 bits per heavy atom. The number of carboxylic acid groups (broad SMARTS) is 1. The number of aromatic carboxylic acids is 1. The highest BCUT2D eigenvalue weighted by Crippen LogP contribution is 2.33. The minimum atomic E-state index is -4.71. The highest BCUT2D eigenvalue weighted by molar-refractivity contribution is 5.91. The van der Waals surface area contributed by atoms with Gasteiger partial charge in [-0.1, -0.05) is 19.3 Å². The largest absolute Gasteiger partial charge is 0.478 e. The van der Waals surface area contributed by atoms with Crippen LogP contribution in [0.15, 0.2) is 18.2 Å². The Labute approximate surface area is 114 Å². The van der Waals surface area contributed by atoms with E-state index in [1.54, 1.807) is 0 Å². The summed E-state index contributed by atoms with van der Waals surface area (Å²) in [5.41, 5.74) is -1.72. The van der Waals surface area contributed by atoms with Gasteiger partial charge < -0.3 is 10.4 Å². The van der Waals surface area contributed by atoms with Crippen molar-refractivity contribution >= 4 is 11.7 Å². The monoisotopic (exact) mass is 285 g/mol. The molecule has 0 saturated carbocycles. The second-order valence-electron chi connectivity index (χ2n) is 4.22. The molecular weight excluding hydrogens is 271 g/mol. The zero-order valence-electron chi connectivity index (χ0n) is 10.8. The van der Waals surface area contributed by atoms with Crippen molar-refractivity contribution in [3.05, 3.63) is 29.3 Å². The summed E-state index contributed by atoms with van der Waals surface area (Å²) in [6, 6.07) is 2.52. The van der Waals surface area contributed by atoms with E-state index in [1.807, 2.05) is 6.92 Å². The van der Waals surface area contributed by atoms with Crippen molar-refractivity contribution in [2.24, 2.45) is 0 Å². The van der Waals surface area contributed by atoms with E-state index < -0.39 is 23.3 Å². The van der Waals surface area contributed by atoms with Gasteiger partial charge in [-0.05, 0) is 24.6 Å². The summed E-state index contributed by atoms with van der Waals surface area (Å²) < 4.78 is 38.0. The first-order chi connectivity index (χ1) is 9.29. The first kappa shape index (κ1) is 15.9. The lowest BCUT2D eigenvalue weighted by Crippen LogP contribution is -2.18. The number of benzene rings is 1. The first-order valence-electron chi connectivity index (χ1n) is 5.96. The molecule has 1 rings (SSSR count). The van der Waals surface area contributed by atoms with Crippen molar-refractivity contribution in [2.45, 2.75) is 32.0 Å². The third kappa shape index (κ3) is 3.92. The standard InChI is InChI=1S/C14H14F3NO2/c1-3-5-9(4-2)18-10-6-7-12(14(15,16)17)11(8-10)13(19)20/h2,6-9,18H,3,5H2,1H3,(H,19,20). The highest BCUT2D eigenvalue weighted by Gasteiger charge is 2.35. The van der Waals surface area contributed by atoms with E-state index in [-0.39, 0.29) is 11.7 Å². The Bertz CT molecular complexity index is 532. The minimum Gasteiger partial charge on any atom is -0.478 e. The van der Waals surface area contributed by atoms with Crippen LogP contribution >= 0.6 is 0 Å². The summed E-state index contributed by atoms with van der Waals surface area (Å²) in [6.07, 6.45) is 2.03. The lowest BCUT2D eigenvalue weighted by Gasteiger charge is -2.16. The van der Waals surface area contributed by atoms with Crippen molar-refractivity contribution in [1.82, 2.24) is 0 Å². The van der Waals surface area contributed by atoms with Crippen LogP contribution in [0, 0.1) is 12.3 Å². The molecule has 1 aromatic carbocycles. The van der Waals surface area contributed by atoms with Gasteiger partial charge in [-0.2, -0.15) is 13.2 Å². The predicted octanol–water partition coefficient (Wildman–Crippen LogP) is 3.62. The van der Waals surface area contributed by atoms with Gasteiger partial charge in [0.05, 0.1) is 17.2 Å². The molecule has 0 spiro atoms. The number of hydrogen-bond donors (Lipinski definition) is 2. The maximum Gasteiger partial charge on any atom is 0.417 e. The number of rotatable bonds is 5. The fraction of sp³-hybridized carbons (Fsp3) is 0.357. The fourth-order valence-corrected chi connectivity index (χ4v) is 1.75. The molecule has 0 heterocycles. The smallest absolute Gasteiger partial charge is 0.417 e. The minimum absolute atomic E-state index is 0.256. The number of anilines is 1. The predicted molar refractivity (Wildman–Crippen MR) is 69.6 cm³/mol. The molecule has 3 nitrogen and oxygen atoms in total. The number of halogens is 3. The quantitative estimate of drug-likeness (QED) is 0.812. The van der Waals surface area contributed by atoms with Gasteiger partial charge in [0, 0.05) is 5.69 Å². The van der Waals surface area contributed by atoms with Gasteiger partial charge in [0.2, 0.25) is 0 Å². The third-order valence-electron chi connectivity index (χ3n) is 2.67. The first-order valence-corrected chi connectivity index (χ1v) is 5.96. The summed E-state index contributed by atoms with van der Waals surface area (Å²) in [7, 11) is 0. The molecule has 2 N–H and O–H groups in total. The Morgan fingerprint density at radius 1 is 1.50 bits per heavy atom. The molecule has 20 heavy (non-hydrogen) atoms. The maximum atomic E-state index is 12.7. The topological polar surface area (TPSA) is 49.3 Å². The molecule has 0 fully saturated rings. The van der Waals surface area contributed by atoms with Crippen LogP contribution in [0.3, 0.4) is 0 Å². The Kier molecular flexibility index (Phi) is 5.03. The molecule has 6 heteroatoms. The van der Waals surface area contributed by atoms with Crippen LogP contribution in [-0.4, -0.2) is 17.1 Å². The summed E-state index contributed by atoms with van der Waals surface area (Å²) in [5, 5.41) is 11.7. The molecule has 0 aliphatic rings. The highest BCUT2D eigenvalue weighted by atomic mass is 19.4. The second kappa shape index (κ2) is 6.33. The number of terminal acetylenes is 1. The summed E-state index contributed by atoms with van der Waals surface area (Å²) >= 11 is 0. The average Bonchev–Trinajstić information content (AvgIpc) is 2.36. The van der Waals surface area contributed by atoms with Gasteiger partial charge in [0.15, 0.2) is 0 Å². The molecule has 1 aromatic rings. The van der Waals surface area contributed by atoms with Gasteiger partial charge in [-0.25, -0.2) is 4.79 Å². The van der Waals surface area contributed by atoms with Crippen LogP contribution in [0.2, 0.25) is 0 Å². The third-order valence-corrected chi connectivity index (χ3v) is 2.67. The molecule has 0 saturated heterocycles. The lowest BCUT2D eigenvalue weighted by atomic mass is 10.1. The molecule has 0 aromatic heterocycles. The molecule has 0 bridgehead atoms. The van der Waals surface area contributed by atoms with Crippen molar-refractivity contribution in [2.75, 3.05) is 5.32 Å². The summed E-state index contributed by atoms with van der Waals surface area (Å²) in [6.45, 7) is 1.92. The van der Waals surface area contributed by atoms with E-state index in [2.05, 4.69) is 11.2 Å². The molecule has 0 aliphatic carbocycles. The van der Waals surface area contributed by atoms with Crippen LogP contribution in [0.4, 0.5) is 18.9 Å². The molecule has 1 atom stereocenters. The second-order valence-corrected chi connectivity index (χ2v) is 4.22. The van der Waals surface area contributed by atoms with E-state index in [0.29, 0.717) is 6.42 Å². The zero-order chi connectivity index (χ0) is 15.3. The van der Waals surface area contributed by atoms with E-state index in [1.165, 1.54) is 6.07 Å². The normalized spacial score (nSPS) is 12.6. The van der Waals surface area contributed by atoms with Gasteiger partial charge in [0.1, 0.15) is 0 Å². The molecule has 0 aliphatic heterocycles. The van der Waals surface area contributed by atoms with Crippen molar-refractivity contribution in [3.8, 4) is 12.3 Å². The Balaban J connectivity index is 3.12. The number of carbonyl (C=O) groups is 1. The zero-order valence-corrected chi connectivity index (χ0v) is 10.8. The van der Waals surface area contributed by atoms with Crippen molar-refractivity contribution in [1.29, 1.82) is 0 Å². The van der Waals surface area contributed by atoms with E-state index in [0.717, 1.165) is 18.6 Å². The Morgan fingerprint density at radius 3 is 2.60 bits per heavy atom. The van der Waals surface area contributed by atoms with E-state index >= 15 is 0 Å². The van der Waals surface area contributed by atoms with Gasteiger partial charge in [-0.3, -0.25) is 0 Å². The van der Waals surface area contributed by atoms with Crippen LogP contribution in [-0.2, 0) is 6.18 Å². The Hall–Kier alpha value is -2.16. The summed E-state index contributed by atoms with van der Waals surface area (Å²) in [5.74, 6) is 0.833. The van der Waals surface area contributed by atoms with Crippen molar-refractivity contribution < 1.29 is 23.1 Å². The van der Waals surface area contributed by atoms with Crippen LogP contribution in [0.1, 0.15) is 35.7 Å². The molecular formula is C14H14F3NO2. The number of hydrogen-bond acceptors (Lipinski definition) is 2. The maximum absolute atomic E-state index is 12.7. The number of nitrogens with one attached hydrogen (secondary N) is 1. The van der Waals surface area contributed by atoms with Crippen LogP contribution < -0.4 is 5.32 Å².